The molecule has 0 radical (unpaired) electrons. The van der Waals surface area contributed by atoms with Crippen LogP contribution < -0.4 is 11.2 Å². The topological polar surface area (TPSA) is 148 Å². The molecule has 1 fully saturated rings. The Morgan fingerprint density at radius 3 is 2.65 bits per heavy atom. The Morgan fingerprint density at radius 1 is 1.31 bits per heavy atom. The number of hydrogen-bond acceptors (Lipinski definition) is 8. The molecule has 0 aliphatic carbocycles. The van der Waals surface area contributed by atoms with Crippen molar-refractivity contribution >= 4 is 11.6 Å². The third kappa shape index (κ3) is 4.94. The molecule has 0 unspecified atom stereocenters. The molecule has 0 bridgehead atoms. The maximum absolute atomic E-state index is 11.9. The average molecular weight is 370 g/mol. The summed E-state index contributed by atoms with van der Waals surface area (Å²) in [6, 6.07) is 1.12. The zero-order chi connectivity index (χ0) is 19.3. The van der Waals surface area contributed by atoms with Crippen molar-refractivity contribution in [3.05, 3.63) is 33.1 Å². The molecule has 1 aliphatic heterocycles. The lowest BCUT2D eigenvalue weighted by atomic mass is 10.1. The van der Waals surface area contributed by atoms with Crippen LogP contribution in [0.3, 0.4) is 0 Å². The Hall–Kier alpha value is -2.14. The van der Waals surface area contributed by atoms with E-state index in [0.29, 0.717) is 0 Å². The molecule has 0 saturated carbocycles. The molecule has 2 heterocycles. The Kier molecular flexibility index (Phi) is 6.98. The van der Waals surface area contributed by atoms with Gasteiger partial charge in [0.1, 0.15) is 29.9 Å². The number of nitrogens with zero attached hydrogens (tertiary/aromatic N) is 1. The van der Waals surface area contributed by atoms with Gasteiger partial charge in [-0.25, -0.2) is 4.79 Å². The molecule has 0 aromatic carbocycles. The largest absolute Gasteiger partial charge is 0.394 e. The van der Waals surface area contributed by atoms with Crippen LogP contribution in [0.1, 0.15) is 32.4 Å². The summed E-state index contributed by atoms with van der Waals surface area (Å²) in [6.45, 7) is 0.860. The fourth-order valence-electron chi connectivity index (χ4n) is 2.65. The molecule has 2 rings (SSSR count). The van der Waals surface area contributed by atoms with E-state index >= 15 is 0 Å². The first-order valence-electron chi connectivity index (χ1n) is 8.22. The maximum atomic E-state index is 11.9. The van der Waals surface area contributed by atoms with Crippen LogP contribution in [0.25, 0.3) is 0 Å². The summed E-state index contributed by atoms with van der Waals surface area (Å²) in [5.41, 5.74) is -1.34. The van der Waals surface area contributed by atoms with Gasteiger partial charge in [-0.15, -0.1) is 0 Å². The van der Waals surface area contributed by atoms with E-state index in [4.69, 9.17) is 9.47 Å². The van der Waals surface area contributed by atoms with Gasteiger partial charge in [-0.3, -0.25) is 19.1 Å². The Bertz CT molecular complexity index is 755. The van der Waals surface area contributed by atoms with Crippen molar-refractivity contribution in [2.45, 2.75) is 50.7 Å². The molecule has 4 atom stereocenters. The van der Waals surface area contributed by atoms with E-state index in [1.54, 1.807) is 0 Å². The number of Topliss-reactive ketones (excluding diaryl/α,β-unsaturated/α-hetero) is 2. The van der Waals surface area contributed by atoms with Crippen molar-refractivity contribution in [2.75, 3.05) is 13.2 Å². The zero-order valence-corrected chi connectivity index (χ0v) is 14.3. The normalized spacial score (nSPS) is 25.3. The number of aliphatic hydroxyl groups is 2. The maximum Gasteiger partial charge on any atom is 0.330 e. The van der Waals surface area contributed by atoms with Crippen LogP contribution in [0.5, 0.6) is 0 Å². The first kappa shape index (κ1) is 20.2. The minimum absolute atomic E-state index is 0.0353. The summed E-state index contributed by atoms with van der Waals surface area (Å²) in [5.74, 6) is -0.243. The van der Waals surface area contributed by atoms with Gasteiger partial charge in [-0.2, -0.15) is 0 Å². The minimum Gasteiger partial charge on any atom is -0.394 e. The van der Waals surface area contributed by atoms with E-state index in [2.05, 4.69) is 4.98 Å². The van der Waals surface area contributed by atoms with E-state index in [9.17, 15) is 29.4 Å². The van der Waals surface area contributed by atoms with E-state index in [1.807, 2.05) is 0 Å². The Balaban J connectivity index is 2.05. The predicted molar refractivity (Wildman–Crippen MR) is 87.6 cm³/mol. The first-order chi connectivity index (χ1) is 12.3. The molecule has 3 N–H and O–H groups in total. The number of ether oxygens (including phenoxy) is 2. The van der Waals surface area contributed by atoms with Gasteiger partial charge in [-0.1, -0.05) is 0 Å². The molecule has 1 saturated heterocycles. The number of hydrogen-bond donors (Lipinski definition) is 3. The second-order valence-corrected chi connectivity index (χ2v) is 6.08. The number of aliphatic hydroxyl groups excluding tert-OH is 2. The molecule has 1 aromatic rings. The van der Waals surface area contributed by atoms with Crippen LogP contribution in [-0.2, 0) is 19.1 Å². The van der Waals surface area contributed by atoms with Crippen molar-refractivity contribution < 1.29 is 29.3 Å². The second-order valence-electron chi connectivity index (χ2n) is 6.08. The number of aromatic amines is 1. The highest BCUT2D eigenvalue weighted by Gasteiger charge is 2.45. The molecular formula is C16H22N2O8. The summed E-state index contributed by atoms with van der Waals surface area (Å²) < 4.78 is 12.0. The number of aromatic nitrogens is 2. The third-order valence-corrected chi connectivity index (χ3v) is 4.07. The van der Waals surface area contributed by atoms with Crippen LogP contribution in [0.4, 0.5) is 0 Å². The summed E-state index contributed by atoms with van der Waals surface area (Å²) in [6.07, 6.45) is -2.77. The van der Waals surface area contributed by atoms with Crippen molar-refractivity contribution in [2.24, 2.45) is 0 Å². The van der Waals surface area contributed by atoms with Gasteiger partial charge in [0, 0.05) is 31.5 Å². The molecule has 26 heavy (non-hydrogen) atoms. The molecule has 1 aromatic heterocycles. The minimum atomic E-state index is -1.23. The van der Waals surface area contributed by atoms with Crippen LogP contribution >= 0.6 is 0 Å². The first-order valence-corrected chi connectivity index (χ1v) is 8.22. The number of nitrogens with one attached hydrogen (secondary N) is 1. The lowest BCUT2D eigenvalue weighted by Crippen LogP contribution is -2.39. The van der Waals surface area contributed by atoms with Gasteiger partial charge in [0.15, 0.2) is 6.23 Å². The number of carbonyl (C=O) groups excluding carboxylic acids is 2. The van der Waals surface area contributed by atoms with Crippen LogP contribution in [0.2, 0.25) is 0 Å². The summed E-state index contributed by atoms with van der Waals surface area (Å²) in [4.78, 5) is 47.8. The Labute approximate surface area is 148 Å². The SMILES string of the molecule is CC(=O)CCC(=O)CCO[C@@H]1[C@H](O)[C@@H](CO)O[C@H]1n1ccc(=O)[nH]c1=O. The fraction of sp³-hybridized carbons (Fsp3) is 0.625. The van der Waals surface area contributed by atoms with Crippen LogP contribution in [0, 0.1) is 0 Å². The number of H-pyrrole nitrogens is 1. The van der Waals surface area contributed by atoms with Gasteiger partial charge in [-0.05, 0) is 6.92 Å². The smallest absolute Gasteiger partial charge is 0.330 e. The number of ketones is 2. The van der Waals surface area contributed by atoms with Crippen molar-refractivity contribution in [3.63, 3.8) is 0 Å². The molecule has 10 heteroatoms. The quantitative estimate of drug-likeness (QED) is 0.476. The van der Waals surface area contributed by atoms with Gasteiger partial charge < -0.3 is 24.5 Å². The summed E-state index contributed by atoms with van der Waals surface area (Å²) in [7, 11) is 0. The van der Waals surface area contributed by atoms with E-state index in [-0.39, 0.29) is 37.4 Å². The van der Waals surface area contributed by atoms with Crippen LogP contribution in [0.15, 0.2) is 21.9 Å². The lowest BCUT2D eigenvalue weighted by Gasteiger charge is -2.22. The molecule has 1 aliphatic rings. The average Bonchev–Trinajstić information content (AvgIpc) is 2.89. The summed E-state index contributed by atoms with van der Waals surface area (Å²) in [5, 5.41) is 19.5. The molecule has 10 nitrogen and oxygen atoms in total. The third-order valence-electron chi connectivity index (χ3n) is 4.07. The molecule has 0 spiro atoms. The van der Waals surface area contributed by atoms with E-state index in [1.165, 1.54) is 13.1 Å². The lowest BCUT2D eigenvalue weighted by molar-refractivity contribution is -0.125. The van der Waals surface area contributed by atoms with Gasteiger partial charge in [0.25, 0.3) is 5.56 Å². The monoisotopic (exact) mass is 370 g/mol. The summed E-state index contributed by atoms with van der Waals surface area (Å²) >= 11 is 0. The molecular weight excluding hydrogens is 348 g/mol. The zero-order valence-electron chi connectivity index (χ0n) is 14.3. The highest BCUT2D eigenvalue weighted by molar-refractivity contribution is 5.84. The molecule has 144 valence electrons. The van der Waals surface area contributed by atoms with E-state index < -0.39 is 42.4 Å². The second kappa shape index (κ2) is 8.99. The van der Waals surface area contributed by atoms with Crippen LogP contribution in [-0.4, -0.2) is 62.9 Å². The number of rotatable bonds is 9. The fourth-order valence-corrected chi connectivity index (χ4v) is 2.65. The Morgan fingerprint density at radius 2 is 2.04 bits per heavy atom. The van der Waals surface area contributed by atoms with Crippen molar-refractivity contribution in [3.8, 4) is 0 Å². The van der Waals surface area contributed by atoms with Crippen molar-refractivity contribution in [1.29, 1.82) is 0 Å². The number of carbonyl (C=O) groups is 2. The predicted octanol–water partition coefficient (Wildman–Crippen LogP) is -1.50. The highest BCUT2D eigenvalue weighted by atomic mass is 16.6. The highest BCUT2D eigenvalue weighted by Crippen LogP contribution is 2.30. The van der Waals surface area contributed by atoms with Gasteiger partial charge in [0.05, 0.1) is 13.2 Å². The van der Waals surface area contributed by atoms with Crippen molar-refractivity contribution in [1.82, 2.24) is 9.55 Å². The molecule has 0 amide bonds. The van der Waals surface area contributed by atoms with Gasteiger partial charge >= 0.3 is 5.69 Å². The van der Waals surface area contributed by atoms with Gasteiger partial charge in [0.2, 0.25) is 0 Å². The van der Waals surface area contributed by atoms with E-state index in [0.717, 1.165) is 10.6 Å². The standard InChI is InChI=1S/C16H22N2O8/c1-9(20)2-3-10(21)5-7-25-14-13(23)11(8-19)26-15(14)18-6-4-12(22)17-16(18)24/h4,6,11,13-15,19,23H,2-3,5,7-8H2,1H3,(H,17,22,24)/t11-,13-,14-,15-/m1/s1.